The van der Waals surface area contributed by atoms with Crippen LogP contribution in [0.1, 0.15) is 12.8 Å². The van der Waals surface area contributed by atoms with Gasteiger partial charge >= 0.3 is 0 Å². The van der Waals surface area contributed by atoms with Gasteiger partial charge in [-0.1, -0.05) is 0 Å². The maximum atomic E-state index is 13.2. The fourth-order valence-electron chi connectivity index (χ4n) is 2.92. The molecule has 1 fully saturated rings. The fourth-order valence-corrected chi connectivity index (χ4v) is 4.62. The van der Waals surface area contributed by atoms with Gasteiger partial charge in [0.2, 0.25) is 0 Å². The van der Waals surface area contributed by atoms with Crippen LogP contribution in [0.25, 0.3) is 0 Å². The van der Waals surface area contributed by atoms with Crippen molar-refractivity contribution in [2.45, 2.75) is 23.8 Å². The quantitative estimate of drug-likeness (QED) is 0.644. The van der Waals surface area contributed by atoms with Gasteiger partial charge in [-0.25, -0.2) is 8.42 Å². The number of nitrogens with zero attached hydrogens (tertiary/aromatic N) is 3. The van der Waals surface area contributed by atoms with E-state index in [2.05, 4.69) is 10.3 Å². The zero-order valence-electron chi connectivity index (χ0n) is 13.4. The molecule has 1 aliphatic heterocycles. The molecule has 0 saturated carbocycles. The lowest BCUT2D eigenvalue weighted by Crippen LogP contribution is -2.46. The van der Waals surface area contributed by atoms with Crippen molar-refractivity contribution in [3.8, 4) is 0 Å². The smallest absolute Gasteiger partial charge is 0.269 e. The minimum Gasteiger partial charge on any atom is -0.317 e. The maximum Gasteiger partial charge on any atom is 0.269 e. The van der Waals surface area contributed by atoms with Gasteiger partial charge in [0.25, 0.3) is 15.7 Å². The Bertz CT molecular complexity index is 834. The highest BCUT2D eigenvalue weighted by Crippen LogP contribution is 2.29. The molecule has 3 rings (SSSR count). The molecule has 0 spiro atoms. The van der Waals surface area contributed by atoms with Crippen LogP contribution in [0, 0.1) is 10.1 Å². The summed E-state index contributed by atoms with van der Waals surface area (Å²) in [6, 6.07) is 8.17. The molecule has 1 N–H and O–H groups in total. The topological polar surface area (TPSA) is 105 Å². The molecule has 1 aliphatic rings. The summed E-state index contributed by atoms with van der Waals surface area (Å²) < 4.78 is 27.8. The molecule has 0 radical (unpaired) electrons. The predicted molar refractivity (Wildman–Crippen MR) is 92.9 cm³/mol. The third kappa shape index (κ3) is 3.62. The SMILES string of the molecule is O=[N+]([O-])c1ccc(S(=O)(=O)N(c2cccnc2)C2CCNCC2)cc1. The fraction of sp³-hybridized carbons (Fsp3) is 0.312. The van der Waals surface area contributed by atoms with Gasteiger partial charge in [-0.05, 0) is 50.2 Å². The van der Waals surface area contributed by atoms with Gasteiger partial charge in [0.1, 0.15) is 0 Å². The van der Waals surface area contributed by atoms with Crippen LogP contribution in [0.2, 0.25) is 0 Å². The number of sulfonamides is 1. The highest BCUT2D eigenvalue weighted by molar-refractivity contribution is 7.92. The van der Waals surface area contributed by atoms with E-state index >= 15 is 0 Å². The number of nitro groups is 1. The van der Waals surface area contributed by atoms with E-state index < -0.39 is 14.9 Å². The summed E-state index contributed by atoms with van der Waals surface area (Å²) in [6.07, 6.45) is 4.47. The summed E-state index contributed by atoms with van der Waals surface area (Å²) in [5.41, 5.74) is 0.349. The first kappa shape index (κ1) is 17.3. The zero-order chi connectivity index (χ0) is 17.9. The number of hydrogen-bond donors (Lipinski definition) is 1. The van der Waals surface area contributed by atoms with Crippen molar-refractivity contribution in [2.75, 3.05) is 17.4 Å². The molecule has 2 aromatic rings. The molecular formula is C16H18N4O4S. The number of aromatic nitrogens is 1. The van der Waals surface area contributed by atoms with Gasteiger partial charge in [-0.3, -0.25) is 19.4 Å². The molecule has 1 aromatic carbocycles. The summed E-state index contributed by atoms with van der Waals surface area (Å²) in [4.78, 5) is 14.3. The van der Waals surface area contributed by atoms with E-state index in [-0.39, 0.29) is 16.6 Å². The van der Waals surface area contributed by atoms with Crippen LogP contribution >= 0.6 is 0 Å². The van der Waals surface area contributed by atoms with Crippen LogP contribution < -0.4 is 9.62 Å². The van der Waals surface area contributed by atoms with Gasteiger partial charge in [-0.2, -0.15) is 0 Å². The molecule has 1 aromatic heterocycles. The van der Waals surface area contributed by atoms with Crippen molar-refractivity contribution in [3.63, 3.8) is 0 Å². The van der Waals surface area contributed by atoms with Gasteiger partial charge in [0.15, 0.2) is 0 Å². The number of non-ortho nitro benzene ring substituents is 1. The summed E-state index contributed by atoms with van der Waals surface area (Å²) in [7, 11) is -3.85. The summed E-state index contributed by atoms with van der Waals surface area (Å²) in [5, 5.41) is 14.0. The molecule has 132 valence electrons. The standard InChI is InChI=1S/C16H18N4O4S/c21-20(22)14-3-5-16(6-4-14)25(23,24)19(13-7-10-17-11-8-13)15-2-1-9-18-12-15/h1-6,9,12-13,17H,7-8,10-11H2. The number of hydrogen-bond acceptors (Lipinski definition) is 6. The Labute approximate surface area is 145 Å². The summed E-state index contributed by atoms with van der Waals surface area (Å²) in [6.45, 7) is 1.47. The van der Waals surface area contributed by atoms with Crippen molar-refractivity contribution in [1.82, 2.24) is 10.3 Å². The lowest BCUT2D eigenvalue weighted by molar-refractivity contribution is -0.384. The summed E-state index contributed by atoms with van der Waals surface area (Å²) >= 11 is 0. The molecule has 2 heterocycles. The molecule has 0 atom stereocenters. The van der Waals surface area contributed by atoms with E-state index in [9.17, 15) is 18.5 Å². The van der Waals surface area contributed by atoms with Crippen LogP contribution in [0.4, 0.5) is 11.4 Å². The van der Waals surface area contributed by atoms with Gasteiger partial charge in [0, 0.05) is 24.4 Å². The van der Waals surface area contributed by atoms with Crippen LogP contribution in [-0.4, -0.2) is 37.5 Å². The van der Waals surface area contributed by atoms with E-state index in [1.54, 1.807) is 18.3 Å². The Morgan fingerprint density at radius 3 is 2.40 bits per heavy atom. The van der Waals surface area contributed by atoms with Crippen LogP contribution in [0.15, 0.2) is 53.7 Å². The first-order chi connectivity index (χ1) is 12.0. The van der Waals surface area contributed by atoms with Gasteiger partial charge in [0.05, 0.1) is 21.7 Å². The Kier molecular flexibility index (Phi) is 4.95. The number of benzene rings is 1. The average Bonchev–Trinajstić information content (AvgIpc) is 2.63. The van der Waals surface area contributed by atoms with E-state index in [1.165, 1.54) is 34.8 Å². The first-order valence-corrected chi connectivity index (χ1v) is 9.34. The average molecular weight is 362 g/mol. The minimum atomic E-state index is -3.85. The third-order valence-corrected chi connectivity index (χ3v) is 6.04. The highest BCUT2D eigenvalue weighted by Gasteiger charge is 2.33. The second kappa shape index (κ2) is 7.16. The molecule has 0 aliphatic carbocycles. The number of piperidine rings is 1. The monoisotopic (exact) mass is 362 g/mol. The normalized spacial score (nSPS) is 15.7. The molecule has 0 unspecified atom stereocenters. The van der Waals surface area contributed by atoms with Crippen molar-refractivity contribution in [2.24, 2.45) is 0 Å². The Morgan fingerprint density at radius 1 is 1.16 bits per heavy atom. The molecule has 25 heavy (non-hydrogen) atoms. The second-order valence-electron chi connectivity index (χ2n) is 5.74. The number of pyridine rings is 1. The largest absolute Gasteiger partial charge is 0.317 e. The predicted octanol–water partition coefficient (Wildman–Crippen LogP) is 1.94. The number of rotatable bonds is 5. The van der Waals surface area contributed by atoms with Gasteiger partial charge in [-0.15, -0.1) is 0 Å². The summed E-state index contributed by atoms with van der Waals surface area (Å²) in [5.74, 6) is 0. The Hall–Kier alpha value is -2.52. The molecule has 9 heteroatoms. The second-order valence-corrected chi connectivity index (χ2v) is 7.56. The minimum absolute atomic E-state index is 0.0282. The van der Waals surface area contributed by atoms with Crippen molar-refractivity contribution < 1.29 is 13.3 Å². The zero-order valence-corrected chi connectivity index (χ0v) is 14.2. The van der Waals surface area contributed by atoms with E-state index in [0.717, 1.165) is 13.1 Å². The van der Waals surface area contributed by atoms with E-state index in [0.29, 0.717) is 18.5 Å². The number of nitro benzene ring substituents is 1. The van der Waals surface area contributed by atoms with Crippen LogP contribution in [0.3, 0.4) is 0 Å². The molecule has 8 nitrogen and oxygen atoms in total. The Balaban J connectivity index is 2.02. The van der Waals surface area contributed by atoms with Crippen molar-refractivity contribution in [1.29, 1.82) is 0 Å². The molecule has 1 saturated heterocycles. The lowest BCUT2D eigenvalue weighted by atomic mass is 10.1. The third-order valence-electron chi connectivity index (χ3n) is 4.15. The number of anilines is 1. The van der Waals surface area contributed by atoms with Crippen molar-refractivity contribution >= 4 is 21.4 Å². The van der Waals surface area contributed by atoms with E-state index in [4.69, 9.17) is 0 Å². The first-order valence-electron chi connectivity index (χ1n) is 7.90. The molecule has 0 bridgehead atoms. The lowest BCUT2D eigenvalue weighted by Gasteiger charge is -2.35. The number of nitrogens with one attached hydrogen (secondary N) is 1. The van der Waals surface area contributed by atoms with Crippen molar-refractivity contribution in [3.05, 3.63) is 58.9 Å². The Morgan fingerprint density at radius 2 is 1.84 bits per heavy atom. The van der Waals surface area contributed by atoms with Crippen LogP contribution in [0.5, 0.6) is 0 Å². The van der Waals surface area contributed by atoms with E-state index in [1.807, 2.05) is 0 Å². The van der Waals surface area contributed by atoms with Gasteiger partial charge < -0.3 is 5.32 Å². The maximum absolute atomic E-state index is 13.2. The molecule has 0 amide bonds. The molecular weight excluding hydrogens is 344 g/mol. The van der Waals surface area contributed by atoms with Crippen LogP contribution in [-0.2, 0) is 10.0 Å². The highest BCUT2D eigenvalue weighted by atomic mass is 32.2.